The molecule has 0 heterocycles. The number of nitrogens with two attached hydrogens (primary N) is 1. The Kier molecular flexibility index (Phi) is 4.24. The molecule has 0 unspecified atom stereocenters. The van der Waals surface area contributed by atoms with Crippen molar-refractivity contribution in [2.45, 2.75) is 19.4 Å². The summed E-state index contributed by atoms with van der Waals surface area (Å²) in [6.07, 6.45) is -0.476. The Morgan fingerprint density at radius 2 is 2.08 bits per heavy atom. The van der Waals surface area contributed by atoms with Crippen molar-refractivity contribution in [2.24, 2.45) is 5.73 Å². The number of amides is 1. The molecule has 0 aromatic heterocycles. The quantitative estimate of drug-likeness (QED) is 0.377. The number of hydrogen-bond acceptors (Lipinski definition) is 4. The Balaban J connectivity index is 4.01. The monoisotopic (exact) mass is 176 g/mol. The lowest BCUT2D eigenvalue weighted by molar-refractivity contribution is -0.167. The predicted octanol–water partition coefficient (Wildman–Crippen LogP) is -0.974. The van der Waals surface area contributed by atoms with Gasteiger partial charge in [0.15, 0.2) is 0 Å². The number of hydrogen-bond donors (Lipinski definition) is 3. The first kappa shape index (κ1) is 10.9. The average Bonchev–Trinajstić information content (AvgIpc) is 2.00. The third-order valence-corrected chi connectivity index (χ3v) is 1.27. The zero-order valence-corrected chi connectivity index (χ0v) is 6.73. The molecule has 0 saturated heterocycles. The van der Waals surface area contributed by atoms with Gasteiger partial charge in [-0.1, -0.05) is 0 Å². The molecule has 1 atom stereocenters. The number of carboxylic acid groups (broad SMARTS) is 1. The summed E-state index contributed by atoms with van der Waals surface area (Å²) < 4.78 is 0. The van der Waals surface area contributed by atoms with E-state index < -0.39 is 24.3 Å². The molecule has 6 nitrogen and oxygen atoms in total. The van der Waals surface area contributed by atoms with Crippen molar-refractivity contribution in [1.82, 2.24) is 5.06 Å². The van der Waals surface area contributed by atoms with E-state index in [2.05, 4.69) is 0 Å². The number of carbonyl (C=O) groups excluding carboxylic acids is 1. The normalized spacial score (nSPS) is 12.2. The molecule has 12 heavy (non-hydrogen) atoms. The van der Waals surface area contributed by atoms with Crippen molar-refractivity contribution >= 4 is 11.9 Å². The molecule has 0 aromatic rings. The van der Waals surface area contributed by atoms with Crippen LogP contribution in [0, 0.1) is 0 Å². The topological polar surface area (TPSA) is 104 Å². The van der Waals surface area contributed by atoms with Crippen LogP contribution in [0.4, 0.5) is 0 Å². The summed E-state index contributed by atoms with van der Waals surface area (Å²) in [5, 5.41) is 17.5. The fourth-order valence-electron chi connectivity index (χ4n) is 0.623. The summed E-state index contributed by atoms with van der Waals surface area (Å²) in [5.41, 5.74) is 5.16. The number of likely N-dealkylation sites (N-methyl/N-ethyl adjacent to an activating group) is 1. The van der Waals surface area contributed by atoms with Gasteiger partial charge < -0.3 is 10.8 Å². The van der Waals surface area contributed by atoms with E-state index in [9.17, 15) is 9.59 Å². The van der Waals surface area contributed by atoms with Gasteiger partial charge >= 0.3 is 5.97 Å². The highest BCUT2D eigenvalue weighted by molar-refractivity contribution is 5.85. The minimum Gasteiger partial charge on any atom is -0.481 e. The van der Waals surface area contributed by atoms with Gasteiger partial charge in [-0.25, -0.2) is 5.06 Å². The highest BCUT2D eigenvalue weighted by Gasteiger charge is 2.20. The molecule has 0 fully saturated rings. The summed E-state index contributed by atoms with van der Waals surface area (Å²) in [7, 11) is 0. The molecule has 0 aliphatic heterocycles. The molecule has 70 valence electrons. The van der Waals surface area contributed by atoms with Crippen LogP contribution < -0.4 is 5.73 Å². The number of nitrogens with zero attached hydrogens (tertiary/aromatic N) is 1. The molecule has 0 aliphatic carbocycles. The standard InChI is InChI=1S/C6H12N2O4/c1-2-8(12)6(11)4(7)3-5(9)10/h4,12H,2-3,7H2,1H3,(H,9,10)/t4-/m0/s1. The van der Waals surface area contributed by atoms with Crippen LogP contribution in [-0.2, 0) is 9.59 Å². The molecule has 6 heteroatoms. The highest BCUT2D eigenvalue weighted by Crippen LogP contribution is 1.93. The van der Waals surface area contributed by atoms with Gasteiger partial charge in [-0.15, -0.1) is 0 Å². The third kappa shape index (κ3) is 3.31. The predicted molar refractivity (Wildman–Crippen MR) is 39.4 cm³/mol. The molecular weight excluding hydrogens is 164 g/mol. The molecule has 0 bridgehead atoms. The van der Waals surface area contributed by atoms with Gasteiger partial charge in [0.2, 0.25) is 0 Å². The fraction of sp³-hybridized carbons (Fsp3) is 0.667. The largest absolute Gasteiger partial charge is 0.481 e. The molecule has 4 N–H and O–H groups in total. The number of carbonyl (C=O) groups is 2. The number of rotatable bonds is 4. The van der Waals surface area contributed by atoms with E-state index in [0.29, 0.717) is 5.06 Å². The summed E-state index contributed by atoms with van der Waals surface area (Å²) in [4.78, 5) is 21.0. The van der Waals surface area contributed by atoms with Crippen LogP contribution in [0.2, 0.25) is 0 Å². The van der Waals surface area contributed by atoms with Gasteiger partial charge in [-0.05, 0) is 6.92 Å². The zero-order chi connectivity index (χ0) is 9.72. The highest BCUT2D eigenvalue weighted by atomic mass is 16.5. The van der Waals surface area contributed by atoms with E-state index in [-0.39, 0.29) is 6.54 Å². The number of aliphatic carboxylic acids is 1. The third-order valence-electron chi connectivity index (χ3n) is 1.27. The first-order chi connectivity index (χ1) is 5.49. The van der Waals surface area contributed by atoms with Crippen LogP contribution in [-0.4, -0.2) is 39.8 Å². The van der Waals surface area contributed by atoms with Crippen molar-refractivity contribution in [1.29, 1.82) is 0 Å². The van der Waals surface area contributed by atoms with Gasteiger partial charge in [-0.3, -0.25) is 14.8 Å². The van der Waals surface area contributed by atoms with Gasteiger partial charge in [-0.2, -0.15) is 0 Å². The SMILES string of the molecule is CCN(O)C(=O)[C@@H](N)CC(=O)O. The fourth-order valence-corrected chi connectivity index (χ4v) is 0.623. The lowest BCUT2D eigenvalue weighted by Gasteiger charge is -2.15. The van der Waals surface area contributed by atoms with Crippen LogP contribution in [0.3, 0.4) is 0 Å². The van der Waals surface area contributed by atoms with Crippen molar-refractivity contribution < 1.29 is 19.9 Å². The summed E-state index contributed by atoms with van der Waals surface area (Å²) >= 11 is 0. The van der Waals surface area contributed by atoms with E-state index in [1.165, 1.54) is 0 Å². The van der Waals surface area contributed by atoms with Crippen molar-refractivity contribution in [3.8, 4) is 0 Å². The molecule has 0 aromatic carbocycles. The Labute approximate surface area is 69.5 Å². The maximum Gasteiger partial charge on any atom is 0.305 e. The van der Waals surface area contributed by atoms with Crippen LogP contribution in [0.5, 0.6) is 0 Å². The first-order valence-corrected chi connectivity index (χ1v) is 3.46. The Morgan fingerprint density at radius 3 is 2.42 bits per heavy atom. The van der Waals surface area contributed by atoms with Crippen LogP contribution in [0.1, 0.15) is 13.3 Å². The molecule has 1 amide bonds. The summed E-state index contributed by atoms with van der Waals surface area (Å²) in [6.45, 7) is 1.64. The first-order valence-electron chi connectivity index (χ1n) is 3.46. The van der Waals surface area contributed by atoms with Crippen LogP contribution in [0.25, 0.3) is 0 Å². The molecule has 0 spiro atoms. The van der Waals surface area contributed by atoms with Crippen molar-refractivity contribution in [2.75, 3.05) is 6.54 Å². The van der Waals surface area contributed by atoms with Gasteiger partial charge in [0, 0.05) is 6.54 Å². The molecular formula is C6H12N2O4. The maximum atomic E-state index is 10.9. The van der Waals surface area contributed by atoms with Crippen LogP contribution >= 0.6 is 0 Å². The Bertz CT molecular complexity index is 182. The second-order valence-electron chi connectivity index (χ2n) is 2.26. The Hall–Kier alpha value is -1.14. The zero-order valence-electron chi connectivity index (χ0n) is 6.73. The van der Waals surface area contributed by atoms with Gasteiger partial charge in [0.1, 0.15) is 0 Å². The molecule has 0 aliphatic rings. The van der Waals surface area contributed by atoms with E-state index in [4.69, 9.17) is 16.0 Å². The van der Waals surface area contributed by atoms with Crippen LogP contribution in [0.15, 0.2) is 0 Å². The second kappa shape index (κ2) is 4.68. The van der Waals surface area contributed by atoms with E-state index in [1.54, 1.807) is 6.92 Å². The molecule has 0 radical (unpaired) electrons. The second-order valence-corrected chi connectivity index (χ2v) is 2.26. The number of hydroxylamine groups is 2. The van der Waals surface area contributed by atoms with Gasteiger partial charge in [0.25, 0.3) is 5.91 Å². The minimum atomic E-state index is -1.17. The Morgan fingerprint density at radius 1 is 1.58 bits per heavy atom. The number of carboxylic acids is 1. The molecule has 0 rings (SSSR count). The average molecular weight is 176 g/mol. The minimum absolute atomic E-state index is 0.0894. The lowest BCUT2D eigenvalue weighted by Crippen LogP contribution is -2.43. The lowest BCUT2D eigenvalue weighted by atomic mass is 10.2. The van der Waals surface area contributed by atoms with E-state index in [0.717, 1.165) is 0 Å². The van der Waals surface area contributed by atoms with Crippen molar-refractivity contribution in [3.05, 3.63) is 0 Å². The smallest absolute Gasteiger partial charge is 0.305 e. The van der Waals surface area contributed by atoms with E-state index in [1.807, 2.05) is 0 Å². The maximum absolute atomic E-state index is 10.9. The van der Waals surface area contributed by atoms with Crippen molar-refractivity contribution in [3.63, 3.8) is 0 Å². The molecule has 0 saturated carbocycles. The van der Waals surface area contributed by atoms with Gasteiger partial charge in [0.05, 0.1) is 12.5 Å². The summed E-state index contributed by atoms with van der Waals surface area (Å²) in [5.74, 6) is -1.94. The van der Waals surface area contributed by atoms with E-state index >= 15 is 0 Å². The summed E-state index contributed by atoms with van der Waals surface area (Å²) in [6, 6.07) is -1.17.